The molecule has 114 valence electrons. The van der Waals surface area contributed by atoms with Crippen molar-refractivity contribution >= 4 is 5.91 Å². The van der Waals surface area contributed by atoms with Gasteiger partial charge in [-0.05, 0) is 62.6 Å². The third-order valence-corrected chi connectivity index (χ3v) is 4.92. The first kappa shape index (κ1) is 14.5. The molecular formula is C17H24N2O2. The molecule has 2 fully saturated rings. The van der Waals surface area contributed by atoms with Crippen molar-refractivity contribution < 1.29 is 9.90 Å². The van der Waals surface area contributed by atoms with Gasteiger partial charge >= 0.3 is 0 Å². The lowest BCUT2D eigenvalue weighted by Gasteiger charge is -2.43. The molecule has 0 unspecified atom stereocenters. The van der Waals surface area contributed by atoms with Crippen molar-refractivity contribution in [2.45, 2.75) is 44.6 Å². The van der Waals surface area contributed by atoms with Gasteiger partial charge in [0.15, 0.2) is 0 Å². The van der Waals surface area contributed by atoms with Crippen LogP contribution in [0.5, 0.6) is 0 Å². The normalized spacial score (nSPS) is 30.0. The Morgan fingerprint density at radius 2 is 1.95 bits per heavy atom. The molecule has 1 aliphatic heterocycles. The first-order valence-electron chi connectivity index (χ1n) is 7.93. The monoisotopic (exact) mass is 288 g/mol. The van der Waals surface area contributed by atoms with Gasteiger partial charge in [0.25, 0.3) is 0 Å². The number of hydrogen-bond acceptors (Lipinski definition) is 3. The number of aromatic nitrogens is 1. The molecular weight excluding hydrogens is 264 g/mol. The lowest BCUT2D eigenvalue weighted by molar-refractivity contribution is -0.151. The van der Waals surface area contributed by atoms with Gasteiger partial charge in [-0.3, -0.25) is 9.78 Å². The number of piperidine rings is 1. The highest BCUT2D eigenvalue weighted by atomic mass is 16.3. The summed E-state index contributed by atoms with van der Waals surface area (Å²) in [6.07, 6.45) is 8.19. The average molecular weight is 288 g/mol. The summed E-state index contributed by atoms with van der Waals surface area (Å²) in [7, 11) is 0. The fourth-order valence-corrected chi connectivity index (χ4v) is 3.64. The summed E-state index contributed by atoms with van der Waals surface area (Å²) in [5.74, 6) is 0.974. The van der Waals surface area contributed by atoms with Gasteiger partial charge in [-0.1, -0.05) is 0 Å². The fourth-order valence-electron chi connectivity index (χ4n) is 3.64. The lowest BCUT2D eigenvalue weighted by Crippen LogP contribution is -2.51. The van der Waals surface area contributed by atoms with E-state index in [1.807, 2.05) is 24.2 Å². The molecule has 0 atom stereocenters. The zero-order valence-electron chi connectivity index (χ0n) is 12.7. The van der Waals surface area contributed by atoms with Gasteiger partial charge in [0, 0.05) is 31.4 Å². The van der Waals surface area contributed by atoms with Crippen LogP contribution in [0.1, 0.15) is 38.2 Å². The van der Waals surface area contributed by atoms with E-state index < -0.39 is 5.60 Å². The van der Waals surface area contributed by atoms with E-state index in [4.69, 9.17) is 0 Å². The molecule has 1 saturated carbocycles. The van der Waals surface area contributed by atoms with E-state index in [0.717, 1.165) is 32.4 Å². The van der Waals surface area contributed by atoms with Gasteiger partial charge in [0.05, 0.1) is 5.60 Å². The van der Waals surface area contributed by atoms with Crippen molar-refractivity contribution in [3.8, 4) is 0 Å². The summed E-state index contributed by atoms with van der Waals surface area (Å²) >= 11 is 0. The molecule has 0 spiro atoms. The third-order valence-electron chi connectivity index (χ3n) is 4.92. The second-order valence-corrected chi connectivity index (χ2v) is 6.93. The Bertz CT molecular complexity index is 485. The molecule has 1 amide bonds. The van der Waals surface area contributed by atoms with E-state index in [1.54, 1.807) is 0 Å². The smallest absolute Gasteiger partial charge is 0.225 e. The van der Waals surface area contributed by atoms with Crippen molar-refractivity contribution in [3.05, 3.63) is 30.1 Å². The Hall–Kier alpha value is -1.42. The summed E-state index contributed by atoms with van der Waals surface area (Å²) in [6.45, 7) is 3.55. The van der Waals surface area contributed by atoms with E-state index in [9.17, 15) is 9.90 Å². The van der Waals surface area contributed by atoms with Crippen molar-refractivity contribution in [3.63, 3.8) is 0 Å². The molecule has 2 heterocycles. The minimum atomic E-state index is -0.611. The number of hydrogen-bond donors (Lipinski definition) is 1. The lowest BCUT2D eigenvalue weighted by atomic mass is 9.71. The van der Waals surface area contributed by atoms with Gasteiger partial charge in [-0.15, -0.1) is 0 Å². The number of aliphatic hydroxyl groups is 1. The number of nitrogens with zero attached hydrogens (tertiary/aromatic N) is 2. The van der Waals surface area contributed by atoms with Crippen LogP contribution in [-0.2, 0) is 11.2 Å². The second kappa shape index (κ2) is 5.76. The molecule has 21 heavy (non-hydrogen) atoms. The number of pyridine rings is 1. The molecule has 4 nitrogen and oxygen atoms in total. The predicted octanol–water partition coefficient (Wildman–Crippen LogP) is 2.02. The first-order valence-corrected chi connectivity index (χ1v) is 7.93. The highest BCUT2D eigenvalue weighted by Gasteiger charge is 2.44. The van der Waals surface area contributed by atoms with Crippen LogP contribution in [0.15, 0.2) is 24.5 Å². The SMILES string of the molecule is C[C@]1(O)C[C@@H](C(=O)N2CCC(Cc3ccncc3)CC2)C1. The zero-order valence-corrected chi connectivity index (χ0v) is 12.7. The molecule has 1 N–H and O–H groups in total. The largest absolute Gasteiger partial charge is 0.390 e. The van der Waals surface area contributed by atoms with E-state index in [1.165, 1.54) is 5.56 Å². The number of likely N-dealkylation sites (tertiary alicyclic amines) is 1. The molecule has 1 saturated heterocycles. The van der Waals surface area contributed by atoms with Crippen LogP contribution in [0.3, 0.4) is 0 Å². The van der Waals surface area contributed by atoms with E-state index in [-0.39, 0.29) is 11.8 Å². The maximum atomic E-state index is 12.3. The second-order valence-electron chi connectivity index (χ2n) is 6.93. The Morgan fingerprint density at radius 3 is 2.52 bits per heavy atom. The van der Waals surface area contributed by atoms with E-state index >= 15 is 0 Å². The molecule has 0 bridgehead atoms. The molecule has 1 aromatic rings. The predicted molar refractivity (Wildman–Crippen MR) is 80.6 cm³/mol. The quantitative estimate of drug-likeness (QED) is 0.926. The average Bonchev–Trinajstić information content (AvgIpc) is 2.46. The zero-order chi connectivity index (χ0) is 14.9. The molecule has 2 aliphatic rings. The molecule has 0 radical (unpaired) electrons. The van der Waals surface area contributed by atoms with Gasteiger partial charge in [-0.2, -0.15) is 0 Å². The van der Waals surface area contributed by atoms with E-state index in [0.29, 0.717) is 18.8 Å². The molecule has 3 rings (SSSR count). The maximum absolute atomic E-state index is 12.3. The molecule has 1 aliphatic carbocycles. The van der Waals surface area contributed by atoms with Crippen LogP contribution < -0.4 is 0 Å². The Labute approximate surface area is 126 Å². The van der Waals surface area contributed by atoms with Crippen LogP contribution in [-0.4, -0.2) is 39.6 Å². The van der Waals surface area contributed by atoms with Gasteiger partial charge in [0.1, 0.15) is 0 Å². The summed E-state index contributed by atoms with van der Waals surface area (Å²) in [4.78, 5) is 18.4. The van der Waals surface area contributed by atoms with E-state index in [2.05, 4.69) is 17.1 Å². The standard InChI is InChI=1S/C17H24N2O2/c1-17(21)11-15(12-17)16(20)19-8-4-14(5-9-19)10-13-2-6-18-7-3-13/h2-3,6-7,14-15,21H,4-5,8-12H2,1H3/t15-,17+. The van der Waals surface area contributed by atoms with Crippen molar-refractivity contribution in [2.75, 3.05) is 13.1 Å². The summed E-state index contributed by atoms with van der Waals surface area (Å²) in [5, 5.41) is 9.76. The van der Waals surface area contributed by atoms with Gasteiger partial charge < -0.3 is 10.0 Å². The Kier molecular flexibility index (Phi) is 3.98. The topological polar surface area (TPSA) is 53.4 Å². The first-order chi connectivity index (χ1) is 10.0. The van der Waals surface area contributed by atoms with Gasteiger partial charge in [-0.25, -0.2) is 0 Å². The molecule has 4 heteroatoms. The summed E-state index contributed by atoms with van der Waals surface area (Å²) < 4.78 is 0. The van der Waals surface area contributed by atoms with Crippen molar-refractivity contribution in [2.24, 2.45) is 11.8 Å². The highest BCUT2D eigenvalue weighted by Crippen LogP contribution is 2.39. The number of amides is 1. The highest BCUT2D eigenvalue weighted by molar-refractivity contribution is 5.80. The van der Waals surface area contributed by atoms with Crippen molar-refractivity contribution in [1.82, 2.24) is 9.88 Å². The molecule has 1 aromatic heterocycles. The number of carbonyl (C=O) groups is 1. The summed E-state index contributed by atoms with van der Waals surface area (Å²) in [5.41, 5.74) is 0.727. The van der Waals surface area contributed by atoms with Crippen LogP contribution in [0.4, 0.5) is 0 Å². The maximum Gasteiger partial charge on any atom is 0.225 e. The third kappa shape index (κ3) is 3.43. The minimum Gasteiger partial charge on any atom is -0.390 e. The van der Waals surface area contributed by atoms with Crippen LogP contribution in [0.2, 0.25) is 0 Å². The fraction of sp³-hybridized carbons (Fsp3) is 0.647. The number of carbonyl (C=O) groups excluding carboxylic acids is 1. The van der Waals surface area contributed by atoms with Crippen molar-refractivity contribution in [1.29, 1.82) is 0 Å². The Balaban J connectivity index is 1.46. The van der Waals surface area contributed by atoms with Crippen LogP contribution >= 0.6 is 0 Å². The molecule has 0 aromatic carbocycles. The van der Waals surface area contributed by atoms with Crippen LogP contribution in [0.25, 0.3) is 0 Å². The minimum absolute atomic E-state index is 0.0525. The van der Waals surface area contributed by atoms with Gasteiger partial charge in [0.2, 0.25) is 5.91 Å². The summed E-state index contributed by atoms with van der Waals surface area (Å²) in [6, 6.07) is 4.15. The number of rotatable bonds is 3. The van der Waals surface area contributed by atoms with Crippen LogP contribution in [0, 0.1) is 11.8 Å². The Morgan fingerprint density at radius 1 is 1.33 bits per heavy atom.